The molecule has 1 N–H and O–H groups in total. The maximum atomic E-state index is 12.6. The molecule has 1 saturated heterocycles. The van der Waals surface area contributed by atoms with Gasteiger partial charge in [-0.3, -0.25) is 14.3 Å². The third kappa shape index (κ3) is 2.69. The molecular formula is C17H17N3O5. The summed E-state index contributed by atoms with van der Waals surface area (Å²) in [5.41, 5.74) is 1.14. The van der Waals surface area contributed by atoms with Crippen LogP contribution in [0.25, 0.3) is 0 Å². The Balaban J connectivity index is 1.61. The number of amides is 1. The molecular weight excluding hydrogens is 326 g/mol. The number of fused-ring (bicyclic) bond motifs is 1. The van der Waals surface area contributed by atoms with E-state index in [0.717, 1.165) is 5.56 Å². The van der Waals surface area contributed by atoms with Gasteiger partial charge in [0.1, 0.15) is 5.69 Å². The molecule has 0 bridgehead atoms. The monoisotopic (exact) mass is 343 g/mol. The van der Waals surface area contributed by atoms with Crippen LogP contribution in [0.5, 0.6) is 11.5 Å². The second-order valence-corrected chi connectivity index (χ2v) is 6.25. The van der Waals surface area contributed by atoms with Crippen molar-refractivity contribution >= 4 is 11.9 Å². The molecule has 130 valence electrons. The minimum atomic E-state index is -0.918. The van der Waals surface area contributed by atoms with Gasteiger partial charge in [0.25, 0.3) is 5.91 Å². The van der Waals surface area contributed by atoms with Crippen molar-refractivity contribution in [1.29, 1.82) is 0 Å². The van der Waals surface area contributed by atoms with Gasteiger partial charge < -0.3 is 19.5 Å². The standard InChI is InChI=1S/C17H17N3O5/c1-19-5-4-13(18-19)16(21)20-7-11(12(8-20)17(22)23)10-2-3-14-15(6-10)25-9-24-14/h2-6,11-12H,7-9H2,1H3,(H,22,23)/t11-,12+/m0/s1. The molecule has 8 heteroatoms. The molecule has 1 aromatic carbocycles. The number of aliphatic carboxylic acids is 1. The highest BCUT2D eigenvalue weighted by Gasteiger charge is 2.41. The van der Waals surface area contributed by atoms with E-state index in [2.05, 4.69) is 5.10 Å². The number of rotatable bonds is 3. The zero-order valence-corrected chi connectivity index (χ0v) is 13.6. The van der Waals surface area contributed by atoms with Crippen molar-refractivity contribution in [3.05, 3.63) is 41.7 Å². The highest BCUT2D eigenvalue weighted by Crippen LogP contribution is 2.39. The largest absolute Gasteiger partial charge is 0.481 e. The van der Waals surface area contributed by atoms with Crippen LogP contribution in [-0.2, 0) is 11.8 Å². The summed E-state index contributed by atoms with van der Waals surface area (Å²) in [5.74, 6) is -0.895. The van der Waals surface area contributed by atoms with Crippen LogP contribution in [0.4, 0.5) is 0 Å². The third-order valence-electron chi connectivity index (χ3n) is 4.68. The first kappa shape index (κ1) is 15.5. The molecule has 1 amide bonds. The molecule has 0 aliphatic carbocycles. The Hall–Kier alpha value is -3.03. The number of benzene rings is 1. The third-order valence-corrected chi connectivity index (χ3v) is 4.68. The van der Waals surface area contributed by atoms with Crippen LogP contribution in [0.3, 0.4) is 0 Å². The number of carbonyl (C=O) groups excluding carboxylic acids is 1. The molecule has 0 saturated carbocycles. The fraction of sp³-hybridized carbons (Fsp3) is 0.353. The summed E-state index contributed by atoms with van der Waals surface area (Å²) in [6, 6.07) is 7.05. The Labute approximate surface area is 143 Å². The lowest BCUT2D eigenvalue weighted by Gasteiger charge is -2.16. The number of nitrogens with zero attached hydrogens (tertiary/aromatic N) is 3. The van der Waals surface area contributed by atoms with E-state index in [4.69, 9.17) is 9.47 Å². The van der Waals surface area contributed by atoms with Gasteiger partial charge in [0.05, 0.1) is 5.92 Å². The summed E-state index contributed by atoms with van der Waals surface area (Å²) in [7, 11) is 1.73. The first-order chi connectivity index (χ1) is 12.0. The average Bonchev–Trinajstić information content (AvgIpc) is 3.32. The van der Waals surface area contributed by atoms with Gasteiger partial charge in [-0.05, 0) is 23.8 Å². The highest BCUT2D eigenvalue weighted by molar-refractivity contribution is 5.93. The van der Waals surface area contributed by atoms with Gasteiger partial charge in [0, 0.05) is 32.3 Å². The summed E-state index contributed by atoms with van der Waals surface area (Å²) in [4.78, 5) is 25.9. The number of hydrogen-bond acceptors (Lipinski definition) is 5. The summed E-state index contributed by atoms with van der Waals surface area (Å²) < 4.78 is 12.2. The molecule has 2 aliphatic rings. The summed E-state index contributed by atoms with van der Waals surface area (Å²) in [5, 5.41) is 13.7. The normalized spacial score (nSPS) is 21.6. The van der Waals surface area contributed by atoms with Crippen LogP contribution >= 0.6 is 0 Å². The van der Waals surface area contributed by atoms with Crippen LogP contribution < -0.4 is 9.47 Å². The molecule has 2 aliphatic heterocycles. The summed E-state index contributed by atoms with van der Waals surface area (Å²) >= 11 is 0. The Morgan fingerprint density at radius 3 is 2.72 bits per heavy atom. The van der Waals surface area contributed by atoms with Gasteiger partial charge in [-0.15, -0.1) is 0 Å². The van der Waals surface area contributed by atoms with Crippen LogP contribution in [-0.4, -0.2) is 51.5 Å². The Morgan fingerprint density at radius 2 is 2.00 bits per heavy atom. The molecule has 0 radical (unpaired) electrons. The first-order valence-corrected chi connectivity index (χ1v) is 7.94. The number of carbonyl (C=O) groups is 2. The van der Waals surface area contributed by atoms with Crippen molar-refractivity contribution in [2.45, 2.75) is 5.92 Å². The molecule has 4 rings (SSSR count). The van der Waals surface area contributed by atoms with Gasteiger partial charge >= 0.3 is 5.97 Å². The average molecular weight is 343 g/mol. The van der Waals surface area contributed by atoms with E-state index < -0.39 is 11.9 Å². The van der Waals surface area contributed by atoms with E-state index in [1.165, 1.54) is 0 Å². The lowest BCUT2D eigenvalue weighted by atomic mass is 9.89. The van der Waals surface area contributed by atoms with Gasteiger partial charge in [0.2, 0.25) is 6.79 Å². The number of hydrogen-bond donors (Lipinski definition) is 1. The van der Waals surface area contributed by atoms with Gasteiger partial charge in [-0.2, -0.15) is 5.10 Å². The number of aromatic nitrogens is 2. The van der Waals surface area contributed by atoms with E-state index in [1.54, 1.807) is 41.0 Å². The molecule has 8 nitrogen and oxygen atoms in total. The quantitative estimate of drug-likeness (QED) is 0.897. The van der Waals surface area contributed by atoms with Crippen molar-refractivity contribution in [3.63, 3.8) is 0 Å². The fourth-order valence-electron chi connectivity index (χ4n) is 3.39. The number of ether oxygens (including phenoxy) is 2. The Bertz CT molecular complexity index is 847. The van der Waals surface area contributed by atoms with Crippen LogP contribution in [0.1, 0.15) is 22.0 Å². The SMILES string of the molecule is Cn1ccc(C(=O)N2C[C@@H](C(=O)O)[C@H](c3ccc4c(c3)OCO4)C2)n1. The van der Waals surface area contributed by atoms with E-state index >= 15 is 0 Å². The minimum absolute atomic E-state index is 0.157. The Morgan fingerprint density at radius 1 is 1.20 bits per heavy atom. The van der Waals surface area contributed by atoms with Crippen LogP contribution in [0.2, 0.25) is 0 Å². The predicted molar refractivity (Wildman–Crippen MR) is 85.5 cm³/mol. The highest BCUT2D eigenvalue weighted by atomic mass is 16.7. The molecule has 1 aromatic heterocycles. The zero-order valence-electron chi connectivity index (χ0n) is 13.6. The number of carboxylic acid groups (broad SMARTS) is 1. The molecule has 2 aromatic rings. The molecule has 0 spiro atoms. The van der Waals surface area contributed by atoms with Crippen molar-refractivity contribution < 1.29 is 24.2 Å². The summed E-state index contributed by atoms with van der Waals surface area (Å²) in [6.45, 7) is 0.645. The lowest BCUT2D eigenvalue weighted by molar-refractivity contribution is -0.141. The van der Waals surface area contributed by atoms with Gasteiger partial charge in [-0.25, -0.2) is 0 Å². The van der Waals surface area contributed by atoms with Crippen LogP contribution in [0, 0.1) is 5.92 Å². The lowest BCUT2D eigenvalue weighted by Crippen LogP contribution is -2.30. The molecule has 0 unspecified atom stereocenters. The summed E-state index contributed by atoms with van der Waals surface area (Å²) in [6.07, 6.45) is 1.69. The predicted octanol–water partition coefficient (Wildman–Crippen LogP) is 1.09. The second kappa shape index (κ2) is 5.80. The van der Waals surface area contributed by atoms with Crippen molar-refractivity contribution in [2.75, 3.05) is 19.9 Å². The Kier molecular flexibility index (Phi) is 3.60. The van der Waals surface area contributed by atoms with Gasteiger partial charge in [-0.1, -0.05) is 6.07 Å². The number of carboxylic acids is 1. The molecule has 2 atom stereocenters. The van der Waals surface area contributed by atoms with E-state index in [1.807, 2.05) is 6.07 Å². The van der Waals surface area contributed by atoms with E-state index in [-0.39, 0.29) is 25.2 Å². The smallest absolute Gasteiger partial charge is 0.308 e. The van der Waals surface area contributed by atoms with E-state index in [0.29, 0.717) is 23.7 Å². The van der Waals surface area contributed by atoms with Crippen LogP contribution in [0.15, 0.2) is 30.5 Å². The second-order valence-electron chi connectivity index (χ2n) is 6.25. The van der Waals surface area contributed by atoms with E-state index in [9.17, 15) is 14.7 Å². The van der Waals surface area contributed by atoms with Crippen molar-refractivity contribution in [2.24, 2.45) is 13.0 Å². The topological polar surface area (TPSA) is 93.9 Å². The molecule has 25 heavy (non-hydrogen) atoms. The number of aryl methyl sites for hydroxylation is 1. The zero-order chi connectivity index (χ0) is 17.6. The minimum Gasteiger partial charge on any atom is -0.481 e. The fourth-order valence-corrected chi connectivity index (χ4v) is 3.39. The first-order valence-electron chi connectivity index (χ1n) is 7.94. The van der Waals surface area contributed by atoms with Gasteiger partial charge in [0.15, 0.2) is 11.5 Å². The molecule has 1 fully saturated rings. The maximum absolute atomic E-state index is 12.6. The van der Waals surface area contributed by atoms with Crippen molar-refractivity contribution in [3.8, 4) is 11.5 Å². The number of likely N-dealkylation sites (tertiary alicyclic amines) is 1. The maximum Gasteiger partial charge on any atom is 0.308 e. The molecule has 3 heterocycles. The van der Waals surface area contributed by atoms with Crippen molar-refractivity contribution in [1.82, 2.24) is 14.7 Å².